The summed E-state index contributed by atoms with van der Waals surface area (Å²) in [5, 5.41) is 18.6. The molecule has 0 radical (unpaired) electrons. The SMILES string of the molecule is N#Cc1cccc(C#N)c1N1CC[C@@H](Oc2ccncc2)C1. The third-order valence-electron chi connectivity index (χ3n) is 3.69. The minimum Gasteiger partial charge on any atom is -0.488 e. The van der Waals surface area contributed by atoms with Gasteiger partial charge >= 0.3 is 0 Å². The molecule has 1 atom stereocenters. The fourth-order valence-corrected chi connectivity index (χ4v) is 2.70. The van der Waals surface area contributed by atoms with Crippen LogP contribution < -0.4 is 9.64 Å². The van der Waals surface area contributed by atoms with Crippen molar-refractivity contribution in [3.8, 4) is 17.9 Å². The summed E-state index contributed by atoms with van der Waals surface area (Å²) < 4.78 is 5.93. The lowest BCUT2D eigenvalue weighted by molar-refractivity contribution is 0.224. The summed E-state index contributed by atoms with van der Waals surface area (Å²) in [5.74, 6) is 0.788. The van der Waals surface area contributed by atoms with Gasteiger partial charge in [-0.15, -0.1) is 0 Å². The van der Waals surface area contributed by atoms with Crippen molar-refractivity contribution in [2.45, 2.75) is 12.5 Å². The number of nitrogens with zero attached hydrogens (tertiary/aromatic N) is 4. The highest BCUT2D eigenvalue weighted by Crippen LogP contribution is 2.29. The van der Waals surface area contributed by atoms with E-state index >= 15 is 0 Å². The predicted octanol–water partition coefficient (Wildman–Crippen LogP) is 2.48. The van der Waals surface area contributed by atoms with Gasteiger partial charge in [0.2, 0.25) is 0 Å². The summed E-state index contributed by atoms with van der Waals surface area (Å²) in [6, 6.07) is 13.2. The molecule has 1 aliphatic rings. The van der Waals surface area contributed by atoms with Crippen LogP contribution in [0.4, 0.5) is 5.69 Å². The molecule has 2 heterocycles. The first-order chi connectivity index (χ1) is 10.8. The quantitative estimate of drug-likeness (QED) is 0.868. The fraction of sp³-hybridized carbons (Fsp3) is 0.235. The zero-order chi connectivity index (χ0) is 15.4. The maximum Gasteiger partial charge on any atom is 0.122 e. The Bertz CT molecular complexity index is 713. The lowest BCUT2D eigenvalue weighted by Gasteiger charge is -2.21. The van der Waals surface area contributed by atoms with Gasteiger partial charge in [0, 0.05) is 25.4 Å². The topological polar surface area (TPSA) is 72.9 Å². The smallest absolute Gasteiger partial charge is 0.122 e. The molecule has 1 fully saturated rings. The monoisotopic (exact) mass is 290 g/mol. The molecule has 1 aliphatic heterocycles. The molecule has 1 aromatic heterocycles. The average molecular weight is 290 g/mol. The molecule has 0 saturated carbocycles. The van der Waals surface area contributed by atoms with E-state index in [-0.39, 0.29) is 6.10 Å². The van der Waals surface area contributed by atoms with Crippen LogP contribution in [-0.2, 0) is 0 Å². The van der Waals surface area contributed by atoms with Crippen LogP contribution in [0.3, 0.4) is 0 Å². The largest absolute Gasteiger partial charge is 0.488 e. The maximum absolute atomic E-state index is 9.28. The minimum absolute atomic E-state index is 0.0423. The Balaban J connectivity index is 1.79. The summed E-state index contributed by atoms with van der Waals surface area (Å²) >= 11 is 0. The van der Waals surface area contributed by atoms with Gasteiger partial charge in [-0.25, -0.2) is 0 Å². The Morgan fingerprint density at radius 3 is 2.41 bits per heavy atom. The number of hydrogen-bond acceptors (Lipinski definition) is 5. The number of aromatic nitrogens is 1. The molecule has 0 aliphatic carbocycles. The second-order valence-electron chi connectivity index (χ2n) is 5.08. The molecular weight excluding hydrogens is 276 g/mol. The Kier molecular flexibility index (Phi) is 3.89. The van der Waals surface area contributed by atoms with E-state index in [0.717, 1.165) is 18.7 Å². The number of rotatable bonds is 3. The van der Waals surface area contributed by atoms with Crippen LogP contribution >= 0.6 is 0 Å². The van der Waals surface area contributed by atoms with E-state index in [9.17, 15) is 10.5 Å². The minimum atomic E-state index is 0.0423. The van der Waals surface area contributed by atoms with Crippen LogP contribution in [0.2, 0.25) is 0 Å². The molecule has 0 N–H and O–H groups in total. The second-order valence-corrected chi connectivity index (χ2v) is 5.08. The summed E-state index contributed by atoms with van der Waals surface area (Å²) in [5.41, 5.74) is 1.78. The molecule has 0 unspecified atom stereocenters. The molecule has 0 spiro atoms. The van der Waals surface area contributed by atoms with Gasteiger partial charge < -0.3 is 9.64 Å². The van der Waals surface area contributed by atoms with Crippen LogP contribution in [0.25, 0.3) is 0 Å². The third-order valence-corrected chi connectivity index (χ3v) is 3.69. The number of pyridine rings is 1. The van der Waals surface area contributed by atoms with Crippen molar-refractivity contribution >= 4 is 5.69 Å². The zero-order valence-corrected chi connectivity index (χ0v) is 11.9. The number of nitriles is 2. The van der Waals surface area contributed by atoms with Crippen molar-refractivity contribution in [1.82, 2.24) is 4.98 Å². The molecular formula is C17H14N4O. The van der Waals surface area contributed by atoms with E-state index in [1.165, 1.54) is 0 Å². The second kappa shape index (κ2) is 6.15. The van der Waals surface area contributed by atoms with Crippen LogP contribution in [0.5, 0.6) is 5.75 Å². The number of ether oxygens (including phenoxy) is 1. The van der Waals surface area contributed by atoms with Gasteiger partial charge in [-0.1, -0.05) is 6.07 Å². The van der Waals surface area contributed by atoms with E-state index in [0.29, 0.717) is 23.4 Å². The Morgan fingerprint density at radius 2 is 1.77 bits per heavy atom. The predicted molar refractivity (Wildman–Crippen MR) is 81.4 cm³/mol. The van der Waals surface area contributed by atoms with Crippen molar-refractivity contribution < 1.29 is 4.74 Å². The standard InChI is InChI=1S/C17H14N4O/c18-10-13-2-1-3-14(11-19)17(13)21-9-6-16(12-21)22-15-4-7-20-8-5-15/h1-5,7-8,16H,6,9,12H2/t16-/m1/s1. The van der Waals surface area contributed by atoms with Crippen molar-refractivity contribution in [2.75, 3.05) is 18.0 Å². The van der Waals surface area contributed by atoms with Crippen LogP contribution in [0.1, 0.15) is 17.5 Å². The van der Waals surface area contributed by atoms with Crippen molar-refractivity contribution in [1.29, 1.82) is 10.5 Å². The van der Waals surface area contributed by atoms with Gasteiger partial charge in [0.1, 0.15) is 24.0 Å². The molecule has 5 nitrogen and oxygen atoms in total. The first kappa shape index (κ1) is 13.9. The molecule has 22 heavy (non-hydrogen) atoms. The van der Waals surface area contributed by atoms with Gasteiger partial charge in [-0.2, -0.15) is 10.5 Å². The van der Waals surface area contributed by atoms with E-state index in [2.05, 4.69) is 22.0 Å². The summed E-state index contributed by atoms with van der Waals surface area (Å²) in [6.07, 6.45) is 4.29. The summed E-state index contributed by atoms with van der Waals surface area (Å²) in [7, 11) is 0. The van der Waals surface area contributed by atoms with Gasteiger partial charge in [-0.3, -0.25) is 4.98 Å². The molecule has 0 bridgehead atoms. The first-order valence-electron chi connectivity index (χ1n) is 7.06. The molecule has 108 valence electrons. The van der Waals surface area contributed by atoms with Gasteiger partial charge in [-0.05, 0) is 24.3 Å². The Morgan fingerprint density at radius 1 is 1.09 bits per heavy atom. The summed E-state index contributed by atoms with van der Waals surface area (Å²) in [4.78, 5) is 6.02. The molecule has 0 amide bonds. The van der Waals surface area contributed by atoms with Gasteiger partial charge in [0.25, 0.3) is 0 Å². The third kappa shape index (κ3) is 2.70. The van der Waals surface area contributed by atoms with Crippen molar-refractivity contribution in [3.05, 3.63) is 53.9 Å². The average Bonchev–Trinajstić information content (AvgIpc) is 3.03. The van der Waals surface area contributed by atoms with Gasteiger partial charge in [0.15, 0.2) is 0 Å². The lowest BCUT2D eigenvalue weighted by Crippen LogP contribution is -2.25. The maximum atomic E-state index is 9.28. The van der Waals surface area contributed by atoms with Crippen molar-refractivity contribution in [3.63, 3.8) is 0 Å². The summed E-state index contributed by atoms with van der Waals surface area (Å²) in [6.45, 7) is 1.43. The van der Waals surface area contributed by atoms with E-state index in [4.69, 9.17) is 4.74 Å². The van der Waals surface area contributed by atoms with Crippen LogP contribution in [0, 0.1) is 22.7 Å². The highest BCUT2D eigenvalue weighted by atomic mass is 16.5. The highest BCUT2D eigenvalue weighted by Gasteiger charge is 2.27. The molecule has 1 aromatic carbocycles. The van der Waals surface area contributed by atoms with E-state index in [1.807, 2.05) is 12.1 Å². The zero-order valence-electron chi connectivity index (χ0n) is 11.9. The Hall–Kier alpha value is -3.05. The lowest BCUT2D eigenvalue weighted by atomic mass is 10.1. The fourth-order valence-electron chi connectivity index (χ4n) is 2.70. The normalized spacial score (nSPS) is 16.8. The van der Waals surface area contributed by atoms with E-state index in [1.54, 1.807) is 30.6 Å². The number of hydrogen-bond donors (Lipinski definition) is 0. The highest BCUT2D eigenvalue weighted by molar-refractivity contribution is 5.68. The molecule has 5 heteroatoms. The number of benzene rings is 1. The number of anilines is 1. The Labute approximate surface area is 129 Å². The number of para-hydroxylation sites is 1. The van der Waals surface area contributed by atoms with Crippen LogP contribution in [-0.4, -0.2) is 24.2 Å². The van der Waals surface area contributed by atoms with Gasteiger partial charge in [0.05, 0.1) is 23.4 Å². The van der Waals surface area contributed by atoms with E-state index < -0.39 is 0 Å². The van der Waals surface area contributed by atoms with Crippen LogP contribution in [0.15, 0.2) is 42.7 Å². The molecule has 1 saturated heterocycles. The molecule has 2 aromatic rings. The van der Waals surface area contributed by atoms with Crippen molar-refractivity contribution in [2.24, 2.45) is 0 Å². The first-order valence-corrected chi connectivity index (χ1v) is 7.06. The molecule has 3 rings (SSSR count).